The zero-order chi connectivity index (χ0) is 9.31. The van der Waals surface area contributed by atoms with Crippen molar-refractivity contribution in [3.8, 4) is 0 Å². The first-order valence-electron chi connectivity index (χ1n) is 4.51. The molecule has 1 N–H and O–H groups in total. The van der Waals surface area contributed by atoms with Crippen LogP contribution in [0.4, 0.5) is 0 Å². The maximum absolute atomic E-state index is 9.41. The molecule has 1 aromatic heterocycles. The van der Waals surface area contributed by atoms with Crippen molar-refractivity contribution in [2.24, 2.45) is 0 Å². The van der Waals surface area contributed by atoms with Crippen LogP contribution in [0.5, 0.6) is 0 Å². The summed E-state index contributed by atoms with van der Waals surface area (Å²) in [5.74, 6) is 0. The molecule has 0 amide bonds. The van der Waals surface area contributed by atoms with E-state index < -0.39 is 0 Å². The second-order valence-corrected chi connectivity index (χ2v) is 4.64. The van der Waals surface area contributed by atoms with Gasteiger partial charge in [-0.1, -0.05) is 0 Å². The maximum atomic E-state index is 9.41. The fourth-order valence-corrected chi connectivity index (χ4v) is 2.82. The summed E-state index contributed by atoms with van der Waals surface area (Å²) < 4.78 is 5.36. The minimum atomic E-state index is -0.0983. The third-order valence-corrected chi connectivity index (χ3v) is 3.95. The Morgan fingerprint density at radius 2 is 2.54 bits per heavy atom. The van der Waals surface area contributed by atoms with Crippen LogP contribution in [0.25, 0.3) is 0 Å². The molecule has 72 valence electrons. The number of aliphatic hydroxyl groups excluding tert-OH is 1. The molecule has 1 fully saturated rings. The number of aliphatic hydroxyl groups is 1. The summed E-state index contributed by atoms with van der Waals surface area (Å²) in [6.45, 7) is 3.73. The number of hydrogen-bond donors (Lipinski definition) is 1. The molecule has 13 heavy (non-hydrogen) atoms. The molecule has 2 nitrogen and oxygen atoms in total. The summed E-state index contributed by atoms with van der Waals surface area (Å²) in [6, 6.07) is 2.16. The lowest BCUT2D eigenvalue weighted by Gasteiger charge is -2.22. The molecule has 2 heterocycles. The van der Waals surface area contributed by atoms with Gasteiger partial charge >= 0.3 is 0 Å². The SMILES string of the molecule is Cc1csc(C2(CO)CCOC2)c1. The first-order chi connectivity index (χ1) is 6.27. The third kappa shape index (κ3) is 1.52. The summed E-state index contributed by atoms with van der Waals surface area (Å²) in [7, 11) is 0. The predicted octanol–water partition coefficient (Wildman–Crippen LogP) is 1.71. The van der Waals surface area contributed by atoms with Gasteiger partial charge < -0.3 is 9.84 Å². The monoisotopic (exact) mass is 198 g/mol. The standard InChI is InChI=1S/C10H14O2S/c1-8-4-9(13-5-8)10(6-11)2-3-12-7-10/h4-5,11H,2-3,6-7H2,1H3. The van der Waals surface area contributed by atoms with Crippen LogP contribution in [0.3, 0.4) is 0 Å². The highest BCUT2D eigenvalue weighted by molar-refractivity contribution is 7.10. The molecule has 3 heteroatoms. The predicted molar refractivity (Wildman–Crippen MR) is 53.3 cm³/mol. The van der Waals surface area contributed by atoms with Gasteiger partial charge in [0.05, 0.1) is 18.6 Å². The second-order valence-electron chi connectivity index (χ2n) is 3.73. The van der Waals surface area contributed by atoms with Gasteiger partial charge in [0.2, 0.25) is 0 Å². The van der Waals surface area contributed by atoms with Crippen molar-refractivity contribution in [1.29, 1.82) is 0 Å². The first-order valence-corrected chi connectivity index (χ1v) is 5.39. The molecule has 1 aliphatic rings. The number of ether oxygens (including phenoxy) is 1. The first kappa shape index (κ1) is 9.19. The van der Waals surface area contributed by atoms with E-state index in [2.05, 4.69) is 18.4 Å². The van der Waals surface area contributed by atoms with Crippen molar-refractivity contribution in [2.75, 3.05) is 19.8 Å². The topological polar surface area (TPSA) is 29.5 Å². The molecule has 1 atom stereocenters. The van der Waals surface area contributed by atoms with Gasteiger partial charge in [0.15, 0.2) is 0 Å². The summed E-state index contributed by atoms with van der Waals surface area (Å²) in [6.07, 6.45) is 0.948. The highest BCUT2D eigenvalue weighted by atomic mass is 32.1. The Bertz CT molecular complexity index is 287. The molecular weight excluding hydrogens is 184 g/mol. The molecule has 1 aliphatic heterocycles. The van der Waals surface area contributed by atoms with Crippen molar-refractivity contribution >= 4 is 11.3 Å². The highest BCUT2D eigenvalue weighted by Crippen LogP contribution is 2.36. The molecule has 0 aliphatic carbocycles. The normalized spacial score (nSPS) is 28.2. The van der Waals surface area contributed by atoms with Crippen LogP contribution < -0.4 is 0 Å². The van der Waals surface area contributed by atoms with Crippen LogP contribution in [-0.4, -0.2) is 24.9 Å². The molecule has 1 aromatic rings. The largest absolute Gasteiger partial charge is 0.395 e. The zero-order valence-corrected chi connectivity index (χ0v) is 8.56. The van der Waals surface area contributed by atoms with E-state index in [0.717, 1.165) is 13.0 Å². The van der Waals surface area contributed by atoms with E-state index in [0.29, 0.717) is 6.61 Å². The van der Waals surface area contributed by atoms with E-state index in [4.69, 9.17) is 4.74 Å². The molecule has 2 rings (SSSR count). The van der Waals surface area contributed by atoms with Crippen molar-refractivity contribution in [1.82, 2.24) is 0 Å². The molecular formula is C10H14O2S. The van der Waals surface area contributed by atoms with Gasteiger partial charge in [-0.05, 0) is 30.4 Å². The Morgan fingerprint density at radius 1 is 1.69 bits per heavy atom. The number of hydrogen-bond acceptors (Lipinski definition) is 3. The summed E-state index contributed by atoms with van der Waals surface area (Å²) >= 11 is 1.73. The van der Waals surface area contributed by atoms with Crippen molar-refractivity contribution < 1.29 is 9.84 Å². The van der Waals surface area contributed by atoms with Gasteiger partial charge in [-0.2, -0.15) is 0 Å². The number of rotatable bonds is 2. The summed E-state index contributed by atoms with van der Waals surface area (Å²) in [5.41, 5.74) is 1.18. The maximum Gasteiger partial charge on any atom is 0.0593 e. The Balaban J connectivity index is 2.30. The molecule has 0 aromatic carbocycles. The third-order valence-electron chi connectivity index (χ3n) is 2.66. The summed E-state index contributed by atoms with van der Waals surface area (Å²) in [4.78, 5) is 1.27. The number of aryl methyl sites for hydroxylation is 1. The van der Waals surface area contributed by atoms with Gasteiger partial charge in [0.1, 0.15) is 0 Å². The molecule has 1 unspecified atom stereocenters. The van der Waals surface area contributed by atoms with Crippen LogP contribution in [0.1, 0.15) is 16.9 Å². The van der Waals surface area contributed by atoms with Gasteiger partial charge in [0, 0.05) is 11.5 Å². The van der Waals surface area contributed by atoms with E-state index in [1.807, 2.05) is 0 Å². The van der Waals surface area contributed by atoms with Gasteiger partial charge in [-0.25, -0.2) is 0 Å². The minimum absolute atomic E-state index is 0.0983. The average molecular weight is 198 g/mol. The Hall–Kier alpha value is -0.380. The van der Waals surface area contributed by atoms with Crippen LogP contribution in [0, 0.1) is 6.92 Å². The van der Waals surface area contributed by atoms with Crippen molar-refractivity contribution in [3.05, 3.63) is 21.9 Å². The van der Waals surface area contributed by atoms with Crippen LogP contribution in [0.15, 0.2) is 11.4 Å². The smallest absolute Gasteiger partial charge is 0.0593 e. The van der Waals surface area contributed by atoms with Crippen molar-refractivity contribution in [3.63, 3.8) is 0 Å². The molecule has 0 radical (unpaired) electrons. The Kier molecular flexibility index (Phi) is 2.41. The molecule has 0 spiro atoms. The molecule has 1 saturated heterocycles. The zero-order valence-electron chi connectivity index (χ0n) is 7.75. The lowest BCUT2D eigenvalue weighted by atomic mass is 9.86. The van der Waals surface area contributed by atoms with Gasteiger partial charge in [-0.3, -0.25) is 0 Å². The Labute approximate surface area is 82.2 Å². The average Bonchev–Trinajstić information content (AvgIpc) is 2.73. The lowest BCUT2D eigenvalue weighted by Crippen LogP contribution is -2.29. The van der Waals surface area contributed by atoms with E-state index in [1.165, 1.54) is 10.4 Å². The minimum Gasteiger partial charge on any atom is -0.395 e. The van der Waals surface area contributed by atoms with Crippen LogP contribution in [0.2, 0.25) is 0 Å². The fourth-order valence-electron chi connectivity index (χ4n) is 1.71. The van der Waals surface area contributed by atoms with Gasteiger partial charge in [-0.15, -0.1) is 11.3 Å². The van der Waals surface area contributed by atoms with Crippen molar-refractivity contribution in [2.45, 2.75) is 18.8 Å². The summed E-state index contributed by atoms with van der Waals surface area (Å²) in [5, 5.41) is 11.5. The van der Waals surface area contributed by atoms with Crippen LogP contribution >= 0.6 is 11.3 Å². The lowest BCUT2D eigenvalue weighted by molar-refractivity contribution is 0.142. The Morgan fingerprint density at radius 3 is 3.00 bits per heavy atom. The molecule has 0 bridgehead atoms. The van der Waals surface area contributed by atoms with E-state index in [1.54, 1.807) is 11.3 Å². The van der Waals surface area contributed by atoms with Gasteiger partial charge in [0.25, 0.3) is 0 Å². The molecule has 0 saturated carbocycles. The highest BCUT2D eigenvalue weighted by Gasteiger charge is 2.37. The van der Waals surface area contributed by atoms with E-state index in [-0.39, 0.29) is 12.0 Å². The quantitative estimate of drug-likeness (QED) is 0.784. The number of thiophene rings is 1. The van der Waals surface area contributed by atoms with Crippen LogP contribution in [-0.2, 0) is 10.2 Å². The second kappa shape index (κ2) is 3.40. The van der Waals surface area contributed by atoms with E-state index in [9.17, 15) is 5.11 Å². The fraction of sp³-hybridized carbons (Fsp3) is 0.600. The van der Waals surface area contributed by atoms with E-state index >= 15 is 0 Å².